The first-order valence-electron chi connectivity index (χ1n) is 9.47. The van der Waals surface area contributed by atoms with Crippen LogP contribution in [0.1, 0.15) is 23.2 Å². The van der Waals surface area contributed by atoms with Crippen LogP contribution >= 0.6 is 22.9 Å². The molecule has 1 N–H and O–H groups in total. The quantitative estimate of drug-likeness (QED) is 0.643. The third-order valence-electron chi connectivity index (χ3n) is 5.05. The molecule has 0 unspecified atom stereocenters. The predicted octanol–water partition coefficient (Wildman–Crippen LogP) is 4.95. The third kappa shape index (κ3) is 4.66. The molecule has 0 spiro atoms. The maximum atomic E-state index is 12.6. The van der Waals surface area contributed by atoms with Crippen LogP contribution in [0.4, 0.5) is 5.13 Å². The van der Waals surface area contributed by atoms with Crippen LogP contribution in [0, 0.1) is 5.92 Å². The summed E-state index contributed by atoms with van der Waals surface area (Å²) in [5.41, 5.74) is 2.50. The molecule has 1 fully saturated rings. The van der Waals surface area contributed by atoms with Crippen molar-refractivity contribution in [3.8, 4) is 11.3 Å². The van der Waals surface area contributed by atoms with Crippen LogP contribution in [-0.2, 0) is 4.79 Å². The molecule has 2 aromatic carbocycles. The summed E-state index contributed by atoms with van der Waals surface area (Å²) in [4.78, 5) is 31.5. The molecule has 1 aliphatic rings. The van der Waals surface area contributed by atoms with E-state index in [0.717, 1.165) is 11.3 Å². The van der Waals surface area contributed by atoms with Crippen LogP contribution in [0.15, 0.2) is 60.0 Å². The van der Waals surface area contributed by atoms with Gasteiger partial charge >= 0.3 is 0 Å². The van der Waals surface area contributed by atoms with Crippen molar-refractivity contribution in [2.24, 2.45) is 5.92 Å². The summed E-state index contributed by atoms with van der Waals surface area (Å²) in [5.74, 6) is -0.168. The van der Waals surface area contributed by atoms with E-state index in [1.54, 1.807) is 29.2 Å². The molecule has 4 rings (SSSR count). The van der Waals surface area contributed by atoms with Crippen LogP contribution in [0.3, 0.4) is 0 Å². The van der Waals surface area contributed by atoms with E-state index in [1.165, 1.54) is 11.3 Å². The lowest BCUT2D eigenvalue weighted by Crippen LogP contribution is -2.41. The molecular formula is C22H20ClN3O2S. The highest BCUT2D eigenvalue weighted by Crippen LogP contribution is 2.26. The Balaban J connectivity index is 1.32. The first kappa shape index (κ1) is 19.6. The second-order valence-electron chi connectivity index (χ2n) is 6.97. The van der Waals surface area contributed by atoms with E-state index in [9.17, 15) is 9.59 Å². The Morgan fingerprint density at radius 2 is 1.72 bits per heavy atom. The molecule has 3 aromatic rings. The van der Waals surface area contributed by atoms with E-state index in [4.69, 9.17) is 11.6 Å². The normalized spacial score (nSPS) is 14.6. The molecule has 7 heteroatoms. The largest absolute Gasteiger partial charge is 0.339 e. The van der Waals surface area contributed by atoms with Crippen molar-refractivity contribution in [1.29, 1.82) is 0 Å². The number of benzene rings is 2. The van der Waals surface area contributed by atoms with Crippen molar-refractivity contribution in [2.75, 3.05) is 18.4 Å². The minimum Gasteiger partial charge on any atom is -0.339 e. The maximum absolute atomic E-state index is 12.6. The smallest absolute Gasteiger partial charge is 0.253 e. The summed E-state index contributed by atoms with van der Waals surface area (Å²) >= 11 is 7.31. The van der Waals surface area contributed by atoms with Gasteiger partial charge in [0.1, 0.15) is 0 Å². The number of hydrogen-bond donors (Lipinski definition) is 1. The van der Waals surface area contributed by atoms with E-state index in [2.05, 4.69) is 10.3 Å². The van der Waals surface area contributed by atoms with Crippen LogP contribution in [0.25, 0.3) is 11.3 Å². The van der Waals surface area contributed by atoms with E-state index < -0.39 is 0 Å². The van der Waals surface area contributed by atoms with Gasteiger partial charge in [-0.2, -0.15) is 0 Å². The molecule has 148 valence electrons. The highest BCUT2D eigenvalue weighted by atomic mass is 35.5. The zero-order valence-corrected chi connectivity index (χ0v) is 17.2. The molecule has 0 atom stereocenters. The Bertz CT molecular complexity index is 996. The van der Waals surface area contributed by atoms with Crippen molar-refractivity contribution >= 4 is 39.9 Å². The number of piperidine rings is 1. The van der Waals surface area contributed by atoms with Gasteiger partial charge in [-0.25, -0.2) is 4.98 Å². The van der Waals surface area contributed by atoms with E-state index in [1.807, 2.05) is 35.7 Å². The number of anilines is 1. The Hall–Kier alpha value is -2.70. The molecule has 5 nitrogen and oxygen atoms in total. The predicted molar refractivity (Wildman–Crippen MR) is 116 cm³/mol. The van der Waals surface area contributed by atoms with Gasteiger partial charge in [0.2, 0.25) is 5.91 Å². The standard InChI is InChI=1S/C22H20ClN3O2S/c23-18-8-6-17(7-9-18)21(28)26-12-10-16(11-13-26)20(27)25-22-24-19(14-29-22)15-4-2-1-3-5-15/h1-9,14,16H,10-13H2,(H,24,25,27). The number of thiazole rings is 1. The molecule has 0 bridgehead atoms. The lowest BCUT2D eigenvalue weighted by Gasteiger charge is -2.31. The minimum atomic E-state index is -0.117. The van der Waals surface area contributed by atoms with Crippen molar-refractivity contribution < 1.29 is 9.59 Å². The molecule has 1 aliphatic heterocycles. The number of aromatic nitrogens is 1. The van der Waals surface area contributed by atoms with Crippen molar-refractivity contribution in [1.82, 2.24) is 9.88 Å². The number of amides is 2. The second kappa shape index (κ2) is 8.76. The van der Waals surface area contributed by atoms with Gasteiger partial charge in [0.05, 0.1) is 5.69 Å². The maximum Gasteiger partial charge on any atom is 0.253 e. The molecule has 0 radical (unpaired) electrons. The summed E-state index contributed by atoms with van der Waals surface area (Å²) in [7, 11) is 0. The highest BCUT2D eigenvalue weighted by molar-refractivity contribution is 7.14. The molecule has 2 amide bonds. The van der Waals surface area contributed by atoms with E-state index in [-0.39, 0.29) is 17.7 Å². The molecule has 0 saturated carbocycles. The van der Waals surface area contributed by atoms with Gasteiger partial charge in [0.15, 0.2) is 5.13 Å². The SMILES string of the molecule is O=C(Nc1nc(-c2ccccc2)cs1)C1CCN(C(=O)c2ccc(Cl)cc2)CC1. The number of nitrogens with one attached hydrogen (secondary N) is 1. The number of likely N-dealkylation sites (tertiary alicyclic amines) is 1. The average molecular weight is 426 g/mol. The zero-order chi connectivity index (χ0) is 20.2. The van der Waals surface area contributed by atoms with Gasteiger partial charge in [-0.15, -0.1) is 11.3 Å². The number of rotatable bonds is 4. The first-order chi connectivity index (χ1) is 14.1. The second-order valence-corrected chi connectivity index (χ2v) is 8.26. The topological polar surface area (TPSA) is 62.3 Å². The lowest BCUT2D eigenvalue weighted by molar-refractivity contribution is -0.121. The van der Waals surface area contributed by atoms with Crippen molar-refractivity contribution in [3.05, 3.63) is 70.6 Å². The Morgan fingerprint density at radius 3 is 2.41 bits per heavy atom. The van der Waals surface area contributed by atoms with Gasteiger partial charge in [-0.3, -0.25) is 9.59 Å². The molecule has 2 heterocycles. The molecule has 0 aliphatic carbocycles. The fraction of sp³-hybridized carbons (Fsp3) is 0.227. The Morgan fingerprint density at radius 1 is 1.03 bits per heavy atom. The fourth-order valence-corrected chi connectivity index (χ4v) is 4.25. The fourth-order valence-electron chi connectivity index (χ4n) is 3.40. The van der Waals surface area contributed by atoms with Gasteiger partial charge in [-0.05, 0) is 37.1 Å². The zero-order valence-electron chi connectivity index (χ0n) is 15.7. The summed E-state index contributed by atoms with van der Waals surface area (Å²) in [6.07, 6.45) is 1.28. The third-order valence-corrected chi connectivity index (χ3v) is 6.06. The van der Waals surface area contributed by atoms with Gasteiger partial charge < -0.3 is 10.2 Å². The van der Waals surface area contributed by atoms with E-state index in [0.29, 0.717) is 41.6 Å². The molecule has 29 heavy (non-hydrogen) atoms. The van der Waals surface area contributed by atoms with Gasteiger partial charge in [0.25, 0.3) is 5.91 Å². The highest BCUT2D eigenvalue weighted by Gasteiger charge is 2.28. The van der Waals surface area contributed by atoms with Gasteiger partial charge in [-0.1, -0.05) is 41.9 Å². The minimum absolute atomic E-state index is 0.0204. The number of halogens is 1. The monoisotopic (exact) mass is 425 g/mol. The summed E-state index contributed by atoms with van der Waals surface area (Å²) in [6.45, 7) is 1.12. The van der Waals surface area contributed by atoms with Gasteiger partial charge in [0, 0.05) is 40.5 Å². The Labute approximate surface area is 178 Å². The molecular weight excluding hydrogens is 406 g/mol. The first-order valence-corrected chi connectivity index (χ1v) is 10.7. The average Bonchev–Trinajstić information content (AvgIpc) is 3.23. The summed E-state index contributed by atoms with van der Waals surface area (Å²) in [5, 5.41) is 6.09. The van der Waals surface area contributed by atoms with Crippen molar-refractivity contribution in [2.45, 2.75) is 12.8 Å². The Kier molecular flexibility index (Phi) is 5.92. The summed E-state index contributed by atoms with van der Waals surface area (Å²) < 4.78 is 0. The van der Waals surface area contributed by atoms with Crippen molar-refractivity contribution in [3.63, 3.8) is 0 Å². The van der Waals surface area contributed by atoms with Crippen LogP contribution < -0.4 is 5.32 Å². The number of carbonyl (C=O) groups excluding carboxylic acids is 2. The number of hydrogen-bond acceptors (Lipinski definition) is 4. The molecule has 1 aromatic heterocycles. The van der Waals surface area contributed by atoms with Crippen LogP contribution in [0.5, 0.6) is 0 Å². The molecule has 1 saturated heterocycles. The number of nitrogens with zero attached hydrogens (tertiary/aromatic N) is 2. The lowest BCUT2D eigenvalue weighted by atomic mass is 9.95. The number of carbonyl (C=O) groups is 2. The van der Waals surface area contributed by atoms with Crippen LogP contribution in [0.2, 0.25) is 5.02 Å². The van der Waals surface area contributed by atoms with E-state index >= 15 is 0 Å². The van der Waals surface area contributed by atoms with Crippen LogP contribution in [-0.4, -0.2) is 34.8 Å². The summed E-state index contributed by atoms with van der Waals surface area (Å²) in [6, 6.07) is 16.8.